The van der Waals surface area contributed by atoms with Crippen LogP contribution in [0.3, 0.4) is 0 Å². The SMILES string of the molecule is COCc1ccccc1NC(=O)C12CCC(=O)N1c1cc(Cl)ccc1S2. The maximum absolute atomic E-state index is 13.3. The van der Waals surface area contributed by atoms with Crippen molar-refractivity contribution in [2.75, 3.05) is 17.3 Å². The maximum Gasteiger partial charge on any atom is 0.261 e. The van der Waals surface area contributed by atoms with Crippen molar-refractivity contribution in [2.45, 2.75) is 29.2 Å². The van der Waals surface area contributed by atoms with Gasteiger partial charge >= 0.3 is 0 Å². The van der Waals surface area contributed by atoms with Gasteiger partial charge in [-0.05, 0) is 30.7 Å². The first-order valence-corrected chi connectivity index (χ1v) is 9.44. The van der Waals surface area contributed by atoms with Gasteiger partial charge < -0.3 is 10.1 Å². The van der Waals surface area contributed by atoms with Gasteiger partial charge in [-0.25, -0.2) is 0 Å². The van der Waals surface area contributed by atoms with Crippen molar-refractivity contribution in [1.82, 2.24) is 0 Å². The van der Waals surface area contributed by atoms with Gasteiger partial charge in [-0.15, -0.1) is 0 Å². The van der Waals surface area contributed by atoms with E-state index in [0.717, 1.165) is 10.5 Å². The second kappa shape index (κ2) is 6.61. The molecule has 1 saturated heterocycles. The summed E-state index contributed by atoms with van der Waals surface area (Å²) >= 11 is 7.53. The third-order valence-corrected chi connectivity index (χ3v) is 6.36. The Morgan fingerprint density at radius 1 is 1.35 bits per heavy atom. The van der Waals surface area contributed by atoms with Crippen LogP contribution in [0.2, 0.25) is 5.02 Å². The summed E-state index contributed by atoms with van der Waals surface area (Å²) in [5, 5.41) is 3.55. The largest absolute Gasteiger partial charge is 0.380 e. The Morgan fingerprint density at radius 3 is 2.96 bits per heavy atom. The Labute approximate surface area is 160 Å². The zero-order valence-electron chi connectivity index (χ0n) is 14.1. The molecular formula is C19H17ClN2O3S. The van der Waals surface area contributed by atoms with Crippen molar-refractivity contribution in [1.29, 1.82) is 0 Å². The van der Waals surface area contributed by atoms with Crippen molar-refractivity contribution in [3.05, 3.63) is 53.1 Å². The van der Waals surface area contributed by atoms with Crippen LogP contribution in [-0.2, 0) is 20.9 Å². The van der Waals surface area contributed by atoms with Gasteiger partial charge in [-0.2, -0.15) is 0 Å². The Kier molecular flexibility index (Phi) is 4.42. The molecule has 0 radical (unpaired) electrons. The van der Waals surface area contributed by atoms with E-state index in [1.807, 2.05) is 30.3 Å². The topological polar surface area (TPSA) is 58.6 Å². The predicted octanol–water partition coefficient (Wildman–Crippen LogP) is 4.05. The number of nitrogens with one attached hydrogen (secondary N) is 1. The monoisotopic (exact) mass is 388 g/mol. The fourth-order valence-electron chi connectivity index (χ4n) is 3.47. The summed E-state index contributed by atoms with van der Waals surface area (Å²) in [5.41, 5.74) is 2.30. The van der Waals surface area contributed by atoms with E-state index in [0.29, 0.717) is 35.8 Å². The van der Waals surface area contributed by atoms with Crippen molar-refractivity contribution in [3.63, 3.8) is 0 Å². The summed E-state index contributed by atoms with van der Waals surface area (Å²) in [6.45, 7) is 0.398. The van der Waals surface area contributed by atoms with Crippen LogP contribution in [0, 0.1) is 0 Å². The lowest BCUT2D eigenvalue weighted by atomic mass is 10.1. The average molecular weight is 389 g/mol. The first-order chi connectivity index (χ1) is 12.5. The number of fused-ring (bicyclic) bond motifs is 3. The summed E-state index contributed by atoms with van der Waals surface area (Å²) in [5.74, 6) is -0.261. The number of anilines is 2. The third kappa shape index (κ3) is 2.69. The van der Waals surface area contributed by atoms with Crippen LogP contribution in [0.25, 0.3) is 0 Å². The molecule has 2 heterocycles. The maximum atomic E-state index is 13.3. The summed E-state index contributed by atoms with van der Waals surface area (Å²) in [6.07, 6.45) is 0.799. The van der Waals surface area contributed by atoms with Gasteiger partial charge in [0.05, 0.1) is 12.3 Å². The van der Waals surface area contributed by atoms with Crippen molar-refractivity contribution >= 4 is 46.6 Å². The van der Waals surface area contributed by atoms with E-state index in [1.165, 1.54) is 11.8 Å². The highest BCUT2D eigenvalue weighted by molar-refractivity contribution is 8.02. The molecule has 0 aliphatic carbocycles. The van der Waals surface area contributed by atoms with Gasteiger partial charge in [-0.3, -0.25) is 14.5 Å². The molecule has 2 aromatic carbocycles. The van der Waals surface area contributed by atoms with Gasteiger partial charge in [0, 0.05) is 34.7 Å². The molecule has 2 aliphatic heterocycles. The molecule has 4 rings (SSSR count). The van der Waals surface area contributed by atoms with Crippen molar-refractivity contribution in [3.8, 4) is 0 Å². The van der Waals surface area contributed by atoms with Crippen LogP contribution in [0.5, 0.6) is 0 Å². The molecule has 134 valence electrons. The molecule has 1 N–H and O–H groups in total. The number of halogens is 1. The number of rotatable bonds is 4. The summed E-state index contributed by atoms with van der Waals surface area (Å²) in [7, 11) is 1.61. The number of hydrogen-bond donors (Lipinski definition) is 1. The van der Waals surface area contributed by atoms with Gasteiger partial charge in [-0.1, -0.05) is 41.6 Å². The fraction of sp³-hybridized carbons (Fsp3) is 0.263. The molecule has 0 bridgehead atoms. The molecule has 0 spiro atoms. The quantitative estimate of drug-likeness (QED) is 0.858. The van der Waals surface area contributed by atoms with E-state index in [4.69, 9.17) is 16.3 Å². The Balaban J connectivity index is 1.69. The van der Waals surface area contributed by atoms with E-state index in [1.54, 1.807) is 24.1 Å². The van der Waals surface area contributed by atoms with Crippen LogP contribution in [0.15, 0.2) is 47.4 Å². The second-order valence-corrected chi connectivity index (χ2v) is 8.03. The number of carbonyl (C=O) groups is 2. The molecule has 1 atom stereocenters. The van der Waals surface area contributed by atoms with Gasteiger partial charge in [0.2, 0.25) is 5.91 Å². The van der Waals surface area contributed by atoms with Crippen LogP contribution >= 0.6 is 23.4 Å². The number of carbonyl (C=O) groups excluding carboxylic acids is 2. The zero-order valence-corrected chi connectivity index (χ0v) is 15.7. The smallest absolute Gasteiger partial charge is 0.261 e. The molecule has 5 nitrogen and oxygen atoms in total. The Bertz CT molecular complexity index is 904. The second-order valence-electron chi connectivity index (χ2n) is 6.27. The first kappa shape index (κ1) is 17.4. The zero-order chi connectivity index (χ0) is 18.3. The minimum absolute atomic E-state index is 0.0566. The molecular weight excluding hydrogens is 372 g/mol. The number of thioether (sulfide) groups is 1. The van der Waals surface area contributed by atoms with Crippen molar-refractivity contribution in [2.24, 2.45) is 0 Å². The summed E-state index contributed by atoms with van der Waals surface area (Å²) in [6, 6.07) is 12.9. The number of methoxy groups -OCH3 is 1. The van der Waals surface area contributed by atoms with E-state index < -0.39 is 4.87 Å². The lowest BCUT2D eigenvalue weighted by Crippen LogP contribution is -2.49. The minimum Gasteiger partial charge on any atom is -0.380 e. The molecule has 1 fully saturated rings. The van der Waals surface area contributed by atoms with E-state index in [9.17, 15) is 9.59 Å². The van der Waals surface area contributed by atoms with E-state index >= 15 is 0 Å². The lowest BCUT2D eigenvalue weighted by Gasteiger charge is -2.30. The van der Waals surface area contributed by atoms with Gasteiger partial charge in [0.15, 0.2) is 4.87 Å². The van der Waals surface area contributed by atoms with E-state index in [-0.39, 0.29) is 11.8 Å². The number of benzene rings is 2. The Hall–Kier alpha value is -2.02. The van der Waals surface area contributed by atoms with Gasteiger partial charge in [0.25, 0.3) is 5.91 Å². The molecule has 0 saturated carbocycles. The molecule has 0 aromatic heterocycles. The number of nitrogens with zero attached hydrogens (tertiary/aromatic N) is 1. The lowest BCUT2D eigenvalue weighted by molar-refractivity contribution is -0.121. The molecule has 2 aliphatic rings. The van der Waals surface area contributed by atoms with Gasteiger partial charge in [0.1, 0.15) is 0 Å². The highest BCUT2D eigenvalue weighted by Crippen LogP contribution is 2.56. The molecule has 2 amide bonds. The normalized spacial score (nSPS) is 20.8. The van der Waals surface area contributed by atoms with Crippen LogP contribution in [0.4, 0.5) is 11.4 Å². The highest BCUT2D eigenvalue weighted by Gasteiger charge is 2.57. The molecule has 2 aromatic rings. The third-order valence-electron chi connectivity index (χ3n) is 4.65. The average Bonchev–Trinajstić information content (AvgIpc) is 3.13. The highest BCUT2D eigenvalue weighted by atomic mass is 35.5. The minimum atomic E-state index is -0.968. The Morgan fingerprint density at radius 2 is 2.15 bits per heavy atom. The number of para-hydroxylation sites is 1. The van der Waals surface area contributed by atoms with Crippen molar-refractivity contribution < 1.29 is 14.3 Å². The first-order valence-electron chi connectivity index (χ1n) is 8.25. The summed E-state index contributed by atoms with van der Waals surface area (Å²) < 4.78 is 5.21. The number of amides is 2. The number of ether oxygens (including phenoxy) is 1. The number of hydrogen-bond acceptors (Lipinski definition) is 4. The summed E-state index contributed by atoms with van der Waals surface area (Å²) in [4.78, 5) is 27.3. The van der Waals surface area contributed by atoms with Crippen LogP contribution < -0.4 is 10.2 Å². The van der Waals surface area contributed by atoms with E-state index in [2.05, 4.69) is 5.32 Å². The molecule has 7 heteroatoms. The molecule has 26 heavy (non-hydrogen) atoms. The van der Waals surface area contributed by atoms with Crippen LogP contribution in [-0.4, -0.2) is 23.8 Å². The molecule has 1 unspecified atom stereocenters. The predicted molar refractivity (Wildman–Crippen MR) is 103 cm³/mol. The van der Waals surface area contributed by atoms with Crippen LogP contribution in [0.1, 0.15) is 18.4 Å². The fourth-order valence-corrected chi connectivity index (χ4v) is 5.03. The standard InChI is InChI=1S/C19H17ClN2O3S/c1-25-11-12-4-2-3-5-14(12)21-18(24)19-9-8-17(23)22(19)15-10-13(20)6-7-16(15)26-19/h2-7,10H,8-9,11H2,1H3,(H,21,24).